The van der Waals surface area contributed by atoms with Crippen molar-refractivity contribution < 1.29 is 9.59 Å². The molecular formula is C25H19N5O2. The molecule has 7 nitrogen and oxygen atoms in total. The second-order valence-corrected chi connectivity index (χ2v) is 7.73. The van der Waals surface area contributed by atoms with Gasteiger partial charge < -0.3 is 15.2 Å². The summed E-state index contributed by atoms with van der Waals surface area (Å²) in [6.45, 7) is 0. The minimum atomic E-state index is -0.247. The molecule has 2 N–H and O–H groups in total. The molecule has 0 saturated heterocycles. The van der Waals surface area contributed by atoms with Gasteiger partial charge in [-0.25, -0.2) is 4.98 Å². The number of nitrogens with one attached hydrogen (secondary N) is 2. The van der Waals surface area contributed by atoms with E-state index in [4.69, 9.17) is 5.26 Å². The third-order valence-electron chi connectivity index (χ3n) is 5.48. The number of nitrogens with zero attached hydrogens (tertiary/aromatic N) is 3. The summed E-state index contributed by atoms with van der Waals surface area (Å²) in [6, 6.07) is 19.9. The van der Waals surface area contributed by atoms with E-state index in [9.17, 15) is 9.59 Å². The lowest BCUT2D eigenvalue weighted by molar-refractivity contribution is -0.117. The van der Waals surface area contributed by atoms with Gasteiger partial charge in [0.25, 0.3) is 5.91 Å². The summed E-state index contributed by atoms with van der Waals surface area (Å²) in [4.78, 5) is 29.0. The number of nitriles is 1. The van der Waals surface area contributed by atoms with Crippen molar-refractivity contribution in [2.45, 2.75) is 12.8 Å². The molecule has 0 unspecified atom stereocenters. The first-order valence-corrected chi connectivity index (χ1v) is 10.3. The van der Waals surface area contributed by atoms with Crippen molar-refractivity contribution in [2.24, 2.45) is 5.92 Å². The molecule has 1 fully saturated rings. The van der Waals surface area contributed by atoms with E-state index in [0.29, 0.717) is 22.6 Å². The first-order chi connectivity index (χ1) is 15.6. The van der Waals surface area contributed by atoms with Crippen molar-refractivity contribution in [3.63, 3.8) is 0 Å². The Morgan fingerprint density at radius 1 is 1.03 bits per heavy atom. The number of hydrogen-bond donors (Lipinski definition) is 2. The van der Waals surface area contributed by atoms with Crippen LogP contribution in [0.3, 0.4) is 0 Å². The van der Waals surface area contributed by atoms with Crippen LogP contribution in [0.15, 0.2) is 73.1 Å². The molecule has 1 aliphatic carbocycles. The zero-order valence-corrected chi connectivity index (χ0v) is 17.1. The van der Waals surface area contributed by atoms with Crippen LogP contribution >= 0.6 is 0 Å². The van der Waals surface area contributed by atoms with Crippen molar-refractivity contribution >= 4 is 34.2 Å². The number of hydrogen-bond acceptors (Lipinski definition) is 4. The zero-order valence-electron chi connectivity index (χ0n) is 17.1. The first kappa shape index (κ1) is 19.5. The van der Waals surface area contributed by atoms with Crippen molar-refractivity contribution in [3.8, 4) is 11.8 Å². The van der Waals surface area contributed by atoms with Gasteiger partial charge in [0, 0.05) is 35.3 Å². The highest BCUT2D eigenvalue weighted by Crippen LogP contribution is 2.31. The normalized spacial score (nSPS) is 12.8. The molecule has 0 radical (unpaired) electrons. The number of amides is 2. The maximum Gasteiger partial charge on any atom is 0.255 e. The van der Waals surface area contributed by atoms with Crippen LogP contribution in [0.1, 0.15) is 28.8 Å². The summed E-state index contributed by atoms with van der Waals surface area (Å²) in [5.41, 5.74) is 3.44. The van der Waals surface area contributed by atoms with Gasteiger partial charge in [0.15, 0.2) is 0 Å². The van der Waals surface area contributed by atoms with Crippen LogP contribution < -0.4 is 10.6 Å². The second kappa shape index (κ2) is 8.00. The second-order valence-electron chi connectivity index (χ2n) is 7.73. The van der Waals surface area contributed by atoms with Gasteiger partial charge in [0.1, 0.15) is 5.82 Å². The largest absolute Gasteiger partial charge is 0.321 e. The van der Waals surface area contributed by atoms with Crippen LogP contribution in [0.2, 0.25) is 0 Å². The van der Waals surface area contributed by atoms with Crippen molar-refractivity contribution in [2.75, 3.05) is 10.6 Å². The Bertz CT molecular complexity index is 1380. The first-order valence-electron chi connectivity index (χ1n) is 10.3. The molecule has 1 aliphatic rings. The molecule has 4 aromatic rings. The minimum Gasteiger partial charge on any atom is -0.321 e. The predicted octanol–water partition coefficient (Wildman–Crippen LogP) is 4.50. The Balaban J connectivity index is 1.42. The summed E-state index contributed by atoms with van der Waals surface area (Å²) >= 11 is 0. The van der Waals surface area contributed by atoms with E-state index in [1.807, 2.05) is 53.2 Å². The fourth-order valence-corrected chi connectivity index (χ4v) is 3.60. The van der Waals surface area contributed by atoms with E-state index in [2.05, 4.69) is 15.6 Å². The summed E-state index contributed by atoms with van der Waals surface area (Å²) in [6.07, 6.45) is 5.46. The number of rotatable bonds is 5. The van der Waals surface area contributed by atoms with E-state index in [1.165, 1.54) is 0 Å². The number of anilines is 2. The minimum absolute atomic E-state index is 0.0137. The highest BCUT2D eigenvalue weighted by Gasteiger charge is 2.29. The number of fused-ring (bicyclic) bond motifs is 1. The van der Waals surface area contributed by atoms with E-state index >= 15 is 0 Å². The molecule has 2 amide bonds. The van der Waals surface area contributed by atoms with E-state index in [1.54, 1.807) is 30.5 Å². The quantitative estimate of drug-likeness (QED) is 0.496. The highest BCUT2D eigenvalue weighted by atomic mass is 16.2. The topological polar surface area (TPSA) is 99.8 Å². The molecule has 0 aliphatic heterocycles. The molecule has 2 aromatic heterocycles. The van der Waals surface area contributed by atoms with Crippen molar-refractivity contribution in [1.29, 1.82) is 5.26 Å². The zero-order chi connectivity index (χ0) is 22.1. The molecule has 156 valence electrons. The summed E-state index contributed by atoms with van der Waals surface area (Å²) in [7, 11) is 0. The van der Waals surface area contributed by atoms with E-state index in [-0.39, 0.29) is 17.7 Å². The maximum absolute atomic E-state index is 12.7. The van der Waals surface area contributed by atoms with Gasteiger partial charge in [-0.3, -0.25) is 9.59 Å². The fraction of sp³-hybridized carbons (Fsp3) is 0.120. The van der Waals surface area contributed by atoms with Crippen LogP contribution in [0.4, 0.5) is 11.5 Å². The molecule has 2 aromatic carbocycles. The lowest BCUT2D eigenvalue weighted by Crippen LogP contribution is -2.14. The maximum atomic E-state index is 12.7. The molecule has 7 heteroatoms. The average molecular weight is 421 g/mol. The predicted molar refractivity (Wildman–Crippen MR) is 122 cm³/mol. The van der Waals surface area contributed by atoms with Gasteiger partial charge in [-0.1, -0.05) is 6.07 Å². The Kier molecular flexibility index (Phi) is 4.88. The molecule has 0 bridgehead atoms. The Hall–Kier alpha value is -4.44. The molecule has 2 heterocycles. The average Bonchev–Trinajstić information content (AvgIpc) is 3.58. The van der Waals surface area contributed by atoms with Gasteiger partial charge in [-0.2, -0.15) is 5.26 Å². The van der Waals surface area contributed by atoms with Crippen LogP contribution in [0.25, 0.3) is 16.6 Å². The Morgan fingerprint density at radius 3 is 2.59 bits per heavy atom. The fourth-order valence-electron chi connectivity index (χ4n) is 3.60. The Labute approximate surface area is 184 Å². The number of pyridine rings is 1. The van der Waals surface area contributed by atoms with E-state index < -0.39 is 0 Å². The molecule has 0 atom stereocenters. The Morgan fingerprint density at radius 2 is 1.84 bits per heavy atom. The summed E-state index contributed by atoms with van der Waals surface area (Å²) in [5, 5.41) is 15.6. The standard InChI is InChI=1S/C25H19N5O2/c26-15-16-4-6-17(7-5-16)24(31)28-21-2-1-3-22-20(21)11-13-30(22)19-10-12-27-23(14-19)29-25(32)18-8-9-18/h1-7,10-14,18H,8-9H2,(H,28,31)(H,27,29,32). The molecule has 1 saturated carbocycles. The van der Waals surface area contributed by atoms with Gasteiger partial charge in [-0.05, 0) is 61.4 Å². The van der Waals surface area contributed by atoms with Crippen LogP contribution in [0.5, 0.6) is 0 Å². The lowest BCUT2D eigenvalue weighted by atomic mass is 10.1. The van der Waals surface area contributed by atoms with Crippen molar-refractivity contribution in [3.05, 3.63) is 84.2 Å². The van der Waals surface area contributed by atoms with Crippen LogP contribution in [-0.2, 0) is 4.79 Å². The summed E-state index contributed by atoms with van der Waals surface area (Å²) < 4.78 is 1.99. The number of aromatic nitrogens is 2. The third kappa shape index (κ3) is 3.82. The number of carbonyl (C=O) groups is 2. The third-order valence-corrected chi connectivity index (χ3v) is 5.48. The molecule has 5 rings (SSSR count). The van der Waals surface area contributed by atoms with Gasteiger partial charge >= 0.3 is 0 Å². The SMILES string of the molecule is N#Cc1ccc(C(=O)Nc2cccc3c2ccn3-c2ccnc(NC(=O)C3CC3)c2)cc1. The summed E-state index contributed by atoms with van der Waals surface area (Å²) in [5.74, 6) is 0.394. The molecule has 0 spiro atoms. The van der Waals surface area contributed by atoms with E-state index in [0.717, 1.165) is 29.4 Å². The molecular weight excluding hydrogens is 402 g/mol. The smallest absolute Gasteiger partial charge is 0.255 e. The van der Waals surface area contributed by atoms with Gasteiger partial charge in [-0.15, -0.1) is 0 Å². The number of carbonyl (C=O) groups excluding carboxylic acids is 2. The van der Waals surface area contributed by atoms with Crippen LogP contribution in [-0.4, -0.2) is 21.4 Å². The highest BCUT2D eigenvalue weighted by molar-refractivity contribution is 6.09. The molecule has 32 heavy (non-hydrogen) atoms. The van der Waals surface area contributed by atoms with Crippen molar-refractivity contribution in [1.82, 2.24) is 9.55 Å². The van der Waals surface area contributed by atoms with Gasteiger partial charge in [0.2, 0.25) is 5.91 Å². The monoisotopic (exact) mass is 421 g/mol. The lowest BCUT2D eigenvalue weighted by Gasteiger charge is -2.10. The van der Waals surface area contributed by atoms with Gasteiger partial charge in [0.05, 0.1) is 28.5 Å². The number of benzene rings is 2. The van der Waals surface area contributed by atoms with Crippen LogP contribution in [0, 0.1) is 17.2 Å².